The molecule has 0 fully saturated rings. The van der Waals surface area contributed by atoms with Crippen molar-refractivity contribution in [2.45, 2.75) is 31.5 Å². The molecule has 26 heavy (non-hydrogen) atoms. The third-order valence-corrected chi connectivity index (χ3v) is 4.36. The van der Waals surface area contributed by atoms with Crippen LogP contribution in [0.5, 0.6) is 0 Å². The predicted octanol–water partition coefficient (Wildman–Crippen LogP) is 3.02. The number of benzene rings is 1. The maximum atomic E-state index is 13.0. The highest BCUT2D eigenvalue weighted by atomic mass is 19.4. The van der Waals surface area contributed by atoms with Gasteiger partial charge in [-0.15, -0.1) is 0 Å². The number of H-pyrrole nitrogens is 1. The molecular formula is C18H17F3N2O3. The van der Waals surface area contributed by atoms with Crippen LogP contribution in [0.2, 0.25) is 0 Å². The molecule has 8 heteroatoms. The van der Waals surface area contributed by atoms with Crippen LogP contribution in [-0.2, 0) is 12.6 Å². The lowest BCUT2D eigenvalue weighted by molar-refractivity contribution is -0.139. The van der Waals surface area contributed by atoms with E-state index in [1.54, 1.807) is 0 Å². The van der Waals surface area contributed by atoms with Gasteiger partial charge in [0.15, 0.2) is 5.78 Å². The van der Waals surface area contributed by atoms with E-state index in [1.807, 2.05) is 0 Å². The summed E-state index contributed by atoms with van der Waals surface area (Å²) in [7, 11) is 0. The molecule has 0 spiro atoms. The summed E-state index contributed by atoms with van der Waals surface area (Å²) in [6.07, 6.45) is -4.31. The van der Waals surface area contributed by atoms with Gasteiger partial charge in [-0.1, -0.05) is 18.2 Å². The second-order valence-electron chi connectivity index (χ2n) is 6.16. The Morgan fingerprint density at radius 2 is 2.00 bits per heavy atom. The number of nitrogens with one attached hydrogen (secondary N) is 2. The van der Waals surface area contributed by atoms with Crippen LogP contribution in [0.3, 0.4) is 0 Å². The van der Waals surface area contributed by atoms with Gasteiger partial charge in [0.1, 0.15) is 5.69 Å². The van der Waals surface area contributed by atoms with Crippen LogP contribution in [0.4, 0.5) is 13.2 Å². The van der Waals surface area contributed by atoms with Crippen LogP contribution < -0.4 is 5.32 Å². The minimum Gasteiger partial charge on any atom is -0.387 e. The average Bonchev–Trinajstić information content (AvgIpc) is 3.04. The molecule has 0 radical (unpaired) electrons. The molecule has 138 valence electrons. The molecule has 0 saturated heterocycles. The van der Waals surface area contributed by atoms with E-state index in [9.17, 15) is 27.9 Å². The van der Waals surface area contributed by atoms with Crippen molar-refractivity contribution in [2.75, 3.05) is 6.54 Å². The Hall–Kier alpha value is -2.61. The second-order valence-corrected chi connectivity index (χ2v) is 6.16. The zero-order chi connectivity index (χ0) is 18.9. The van der Waals surface area contributed by atoms with Crippen molar-refractivity contribution in [3.63, 3.8) is 0 Å². The third kappa shape index (κ3) is 3.65. The van der Waals surface area contributed by atoms with Gasteiger partial charge >= 0.3 is 6.18 Å². The van der Waals surface area contributed by atoms with E-state index in [2.05, 4.69) is 10.3 Å². The van der Waals surface area contributed by atoms with Gasteiger partial charge in [-0.05, 0) is 30.5 Å². The molecule has 5 nitrogen and oxygen atoms in total. The lowest BCUT2D eigenvalue weighted by atomic mass is 9.97. The number of carbonyl (C=O) groups excluding carboxylic acids is 2. The molecule has 0 aliphatic heterocycles. The number of hydrogen-bond donors (Lipinski definition) is 3. The van der Waals surface area contributed by atoms with Gasteiger partial charge in [0.05, 0.1) is 11.7 Å². The van der Waals surface area contributed by atoms with Crippen molar-refractivity contribution in [3.05, 3.63) is 58.4 Å². The molecule has 0 saturated carbocycles. The number of aliphatic hydroxyl groups excluding tert-OH is 1. The molecule has 1 atom stereocenters. The summed E-state index contributed by atoms with van der Waals surface area (Å²) in [6, 6.07) is 6.12. The molecule has 1 aliphatic rings. The Kier molecular flexibility index (Phi) is 4.86. The largest absolute Gasteiger partial charge is 0.416 e. The van der Waals surface area contributed by atoms with E-state index in [1.165, 1.54) is 24.3 Å². The van der Waals surface area contributed by atoms with E-state index in [-0.39, 0.29) is 23.6 Å². The fourth-order valence-corrected chi connectivity index (χ4v) is 3.07. The number of aliphatic hydroxyl groups is 1. The number of aromatic nitrogens is 1. The first-order valence-corrected chi connectivity index (χ1v) is 8.15. The fraction of sp³-hybridized carbons (Fsp3) is 0.333. The number of amides is 1. The smallest absolute Gasteiger partial charge is 0.387 e. The van der Waals surface area contributed by atoms with Crippen molar-refractivity contribution in [2.24, 2.45) is 0 Å². The molecule has 1 aliphatic carbocycles. The highest BCUT2D eigenvalue weighted by Crippen LogP contribution is 2.34. The molecule has 3 rings (SSSR count). The third-order valence-electron chi connectivity index (χ3n) is 4.36. The molecule has 3 N–H and O–H groups in total. The Labute approximate surface area is 147 Å². The monoisotopic (exact) mass is 366 g/mol. The number of rotatable bonds is 4. The van der Waals surface area contributed by atoms with Crippen molar-refractivity contribution >= 4 is 11.7 Å². The summed E-state index contributed by atoms with van der Waals surface area (Å²) in [5, 5.41) is 12.5. The number of fused-ring (bicyclic) bond motifs is 1. The lowest BCUT2D eigenvalue weighted by Gasteiger charge is -2.17. The first kappa shape index (κ1) is 18.2. The second kappa shape index (κ2) is 6.95. The Morgan fingerprint density at radius 3 is 2.69 bits per heavy atom. The zero-order valence-corrected chi connectivity index (χ0v) is 13.7. The van der Waals surface area contributed by atoms with Crippen LogP contribution in [0, 0.1) is 0 Å². The quantitative estimate of drug-likeness (QED) is 0.778. The summed E-state index contributed by atoms with van der Waals surface area (Å²) in [5.74, 6) is -0.628. The molecular weight excluding hydrogens is 349 g/mol. The van der Waals surface area contributed by atoms with Crippen LogP contribution in [-0.4, -0.2) is 28.3 Å². The topological polar surface area (TPSA) is 82.2 Å². The molecule has 0 bridgehead atoms. The summed E-state index contributed by atoms with van der Waals surface area (Å²) >= 11 is 0. The fourth-order valence-electron chi connectivity index (χ4n) is 3.07. The number of Topliss-reactive ketones (excluding diaryl/α,β-unsaturated/α-hetero) is 1. The van der Waals surface area contributed by atoms with E-state index in [0.717, 1.165) is 6.07 Å². The van der Waals surface area contributed by atoms with Gasteiger partial charge in [-0.2, -0.15) is 13.2 Å². The normalized spacial score (nSPS) is 15.5. The van der Waals surface area contributed by atoms with Crippen molar-refractivity contribution in [1.82, 2.24) is 10.3 Å². The van der Waals surface area contributed by atoms with E-state index >= 15 is 0 Å². The van der Waals surface area contributed by atoms with Gasteiger partial charge in [0.2, 0.25) is 0 Å². The minimum atomic E-state index is -4.60. The maximum Gasteiger partial charge on any atom is 0.416 e. The molecule has 1 aromatic carbocycles. The lowest BCUT2D eigenvalue weighted by Crippen LogP contribution is -2.29. The first-order valence-electron chi connectivity index (χ1n) is 8.15. The van der Waals surface area contributed by atoms with Gasteiger partial charge < -0.3 is 15.4 Å². The summed E-state index contributed by atoms with van der Waals surface area (Å²) < 4.78 is 39.0. The van der Waals surface area contributed by atoms with Crippen LogP contribution in [0.25, 0.3) is 0 Å². The number of aromatic amines is 1. The first-order chi connectivity index (χ1) is 12.3. The molecule has 2 aromatic rings. The van der Waals surface area contributed by atoms with Gasteiger partial charge in [-0.25, -0.2) is 0 Å². The zero-order valence-electron chi connectivity index (χ0n) is 13.7. The van der Waals surface area contributed by atoms with E-state index < -0.39 is 23.8 Å². The number of carbonyl (C=O) groups is 2. The predicted molar refractivity (Wildman–Crippen MR) is 86.8 cm³/mol. The van der Waals surface area contributed by atoms with Crippen molar-refractivity contribution in [1.29, 1.82) is 0 Å². The minimum absolute atomic E-state index is 0.0410. The van der Waals surface area contributed by atoms with Crippen molar-refractivity contribution < 1.29 is 27.9 Å². The molecule has 1 heterocycles. The number of ketones is 1. The summed E-state index contributed by atoms with van der Waals surface area (Å²) in [4.78, 5) is 26.9. The van der Waals surface area contributed by atoms with Crippen LogP contribution >= 0.6 is 0 Å². The number of aryl methyl sites for hydroxylation is 1. The number of hydrogen-bond acceptors (Lipinski definition) is 3. The van der Waals surface area contributed by atoms with Crippen LogP contribution in [0.1, 0.15) is 56.6 Å². The Balaban J connectivity index is 1.70. The van der Waals surface area contributed by atoms with Gasteiger partial charge in [0.25, 0.3) is 5.91 Å². The Bertz CT molecular complexity index is 842. The van der Waals surface area contributed by atoms with E-state index in [0.29, 0.717) is 30.5 Å². The van der Waals surface area contributed by atoms with Gasteiger partial charge in [-0.3, -0.25) is 9.59 Å². The molecule has 1 amide bonds. The SMILES string of the molecule is O=C(NCC(O)c1ccccc1C(F)(F)F)c1cc2c([nH]1)CCCC2=O. The number of alkyl halides is 3. The standard InChI is InChI=1S/C18H17F3N2O3/c19-18(20,21)12-5-2-1-4-10(12)16(25)9-22-17(26)14-8-11-13(23-14)6-3-7-15(11)24/h1-2,4-5,8,16,23,25H,3,6-7,9H2,(H,22,26). The highest BCUT2D eigenvalue weighted by molar-refractivity contribution is 6.02. The molecule has 1 aromatic heterocycles. The van der Waals surface area contributed by atoms with Gasteiger partial charge in [0, 0.05) is 24.2 Å². The highest BCUT2D eigenvalue weighted by Gasteiger charge is 2.34. The van der Waals surface area contributed by atoms with E-state index in [4.69, 9.17) is 0 Å². The Morgan fingerprint density at radius 1 is 1.27 bits per heavy atom. The number of halogens is 3. The van der Waals surface area contributed by atoms with Crippen molar-refractivity contribution in [3.8, 4) is 0 Å². The molecule has 1 unspecified atom stereocenters. The summed E-state index contributed by atoms with van der Waals surface area (Å²) in [5.41, 5.74) is 0.0734. The average molecular weight is 366 g/mol. The summed E-state index contributed by atoms with van der Waals surface area (Å²) in [6.45, 7) is -0.385. The maximum absolute atomic E-state index is 13.0. The van der Waals surface area contributed by atoms with Crippen LogP contribution in [0.15, 0.2) is 30.3 Å².